The van der Waals surface area contributed by atoms with E-state index in [0.717, 1.165) is 11.9 Å². The molecule has 0 radical (unpaired) electrons. The molecule has 3 heterocycles. The predicted molar refractivity (Wildman–Crippen MR) is 42.9 cm³/mol. The van der Waals surface area contributed by atoms with Gasteiger partial charge in [0.15, 0.2) is 6.00 Å². The monoisotopic (exact) mass is 195 g/mol. The Morgan fingerprint density at radius 1 is 1.09 bits per heavy atom. The third-order valence-corrected chi connectivity index (χ3v) is 3.80. The second-order valence-electron chi connectivity index (χ2n) is 3.86. The molecular weight excluding hydrogens is 181 g/mol. The van der Waals surface area contributed by atoms with Gasteiger partial charge in [0.25, 0.3) is 0 Å². The third kappa shape index (κ3) is 1.66. The van der Waals surface area contributed by atoms with Crippen LogP contribution in [-0.2, 0) is 0 Å². The Kier molecular flexibility index (Phi) is 3.07. The van der Waals surface area contributed by atoms with Gasteiger partial charge in [0.1, 0.15) is 0 Å². The summed E-state index contributed by atoms with van der Waals surface area (Å²) < 4.78 is 1.22. The molecule has 3 fully saturated rings. The van der Waals surface area contributed by atoms with Crippen LogP contribution in [0.2, 0.25) is 0 Å². The molecule has 1 nitrogen and oxygen atoms in total. The highest BCUT2D eigenvalue weighted by Gasteiger charge is 2.38. The van der Waals surface area contributed by atoms with Crippen LogP contribution in [0.1, 0.15) is 19.3 Å². The summed E-state index contributed by atoms with van der Waals surface area (Å²) in [4.78, 5) is 0. The van der Waals surface area contributed by atoms with Crippen molar-refractivity contribution in [3.8, 4) is 0 Å². The maximum atomic E-state index is 5.93. The minimum Gasteiger partial charge on any atom is -1.00 e. The first kappa shape index (κ1) is 9.63. The van der Waals surface area contributed by atoms with Crippen molar-refractivity contribution in [1.29, 1.82) is 0 Å². The average Bonchev–Trinajstić information content (AvgIpc) is 2.08. The van der Waals surface area contributed by atoms with Gasteiger partial charge in [-0.1, -0.05) is 11.6 Å². The van der Waals surface area contributed by atoms with Gasteiger partial charge in [0.05, 0.1) is 19.6 Å². The van der Waals surface area contributed by atoms with Crippen molar-refractivity contribution in [3.05, 3.63) is 0 Å². The minimum atomic E-state index is 0. The summed E-state index contributed by atoms with van der Waals surface area (Å²) in [5.74, 6) is 1.06. The van der Waals surface area contributed by atoms with Crippen molar-refractivity contribution in [2.75, 3.05) is 25.6 Å². The fourth-order valence-corrected chi connectivity index (χ4v) is 2.68. The van der Waals surface area contributed by atoms with Crippen LogP contribution in [-0.4, -0.2) is 30.1 Å². The molecule has 11 heavy (non-hydrogen) atoms. The first-order valence-electron chi connectivity index (χ1n) is 4.26. The molecule has 0 aromatic carbocycles. The van der Waals surface area contributed by atoms with Crippen LogP contribution in [0.4, 0.5) is 0 Å². The number of hydrogen-bond donors (Lipinski definition) is 0. The summed E-state index contributed by atoms with van der Waals surface area (Å²) in [6.07, 6.45) is 4.31. The smallest absolute Gasteiger partial charge is 0.154 e. The highest BCUT2D eigenvalue weighted by Crippen LogP contribution is 2.33. The lowest BCUT2D eigenvalue weighted by Crippen LogP contribution is -3.00. The first-order valence-corrected chi connectivity index (χ1v) is 4.79. The Bertz CT molecular complexity index is 116. The van der Waals surface area contributed by atoms with Crippen LogP contribution < -0.4 is 12.4 Å². The normalized spacial score (nSPS) is 41.7. The maximum absolute atomic E-state index is 5.93. The Balaban J connectivity index is 0.000000605. The summed E-state index contributed by atoms with van der Waals surface area (Å²) in [6, 6.07) is 0.854. The van der Waals surface area contributed by atoms with Crippen molar-refractivity contribution >= 4 is 11.6 Å². The number of alkyl halides is 1. The summed E-state index contributed by atoms with van der Waals surface area (Å²) >= 11 is 5.93. The second-order valence-corrected chi connectivity index (χ2v) is 4.10. The van der Waals surface area contributed by atoms with Crippen molar-refractivity contribution in [2.24, 2.45) is 5.92 Å². The number of quaternary nitrogens is 1. The quantitative estimate of drug-likeness (QED) is 0.281. The molecule has 3 saturated heterocycles. The standard InChI is InChI=1S/C8H15ClN.ClH/c9-7-10-4-1-8(2-5-10)3-6-10;/h8H,1-7H2;1H/q+1;/p-1. The van der Waals surface area contributed by atoms with E-state index in [4.69, 9.17) is 11.6 Å². The molecule has 0 unspecified atom stereocenters. The van der Waals surface area contributed by atoms with Gasteiger partial charge >= 0.3 is 0 Å². The summed E-state index contributed by atoms with van der Waals surface area (Å²) in [5.41, 5.74) is 0. The number of nitrogens with zero attached hydrogens (tertiary/aromatic N) is 1. The highest BCUT2D eigenvalue weighted by atomic mass is 35.5. The van der Waals surface area contributed by atoms with Gasteiger partial charge in [-0.3, -0.25) is 0 Å². The molecule has 3 aliphatic rings. The van der Waals surface area contributed by atoms with E-state index in [-0.39, 0.29) is 12.4 Å². The Labute approximate surface area is 79.7 Å². The molecule has 0 aromatic heterocycles. The Hall–Kier alpha value is 0.540. The van der Waals surface area contributed by atoms with Crippen LogP contribution in [0.3, 0.4) is 0 Å². The number of hydrogen-bond acceptors (Lipinski definition) is 0. The van der Waals surface area contributed by atoms with E-state index in [0.29, 0.717) is 0 Å². The highest BCUT2D eigenvalue weighted by molar-refractivity contribution is 6.17. The molecule has 0 amide bonds. The van der Waals surface area contributed by atoms with Gasteiger partial charge in [-0.05, 0) is 25.2 Å². The molecule has 3 rings (SSSR count). The Morgan fingerprint density at radius 3 is 1.82 bits per heavy atom. The van der Waals surface area contributed by atoms with E-state index >= 15 is 0 Å². The topological polar surface area (TPSA) is 0 Å². The molecule has 0 spiro atoms. The first-order chi connectivity index (χ1) is 4.85. The summed E-state index contributed by atoms with van der Waals surface area (Å²) in [5, 5.41) is 0. The molecular formula is C8H15Cl2N. The number of halogens is 2. The van der Waals surface area contributed by atoms with E-state index in [9.17, 15) is 0 Å². The average molecular weight is 196 g/mol. The zero-order chi connectivity index (χ0) is 7.03. The van der Waals surface area contributed by atoms with Crippen LogP contribution in [0.5, 0.6) is 0 Å². The maximum Gasteiger partial charge on any atom is 0.154 e. The van der Waals surface area contributed by atoms with Crippen molar-refractivity contribution < 1.29 is 16.9 Å². The largest absolute Gasteiger partial charge is 1.00 e. The lowest BCUT2D eigenvalue weighted by molar-refractivity contribution is -0.932. The lowest BCUT2D eigenvalue weighted by atomic mass is 9.86. The molecule has 66 valence electrons. The van der Waals surface area contributed by atoms with Crippen LogP contribution in [0.25, 0.3) is 0 Å². The van der Waals surface area contributed by atoms with Crippen LogP contribution >= 0.6 is 11.6 Å². The lowest BCUT2D eigenvalue weighted by Gasteiger charge is -2.47. The van der Waals surface area contributed by atoms with Crippen molar-refractivity contribution in [3.63, 3.8) is 0 Å². The fourth-order valence-electron chi connectivity index (χ4n) is 2.32. The van der Waals surface area contributed by atoms with Crippen LogP contribution in [0.15, 0.2) is 0 Å². The molecule has 0 atom stereocenters. The molecule has 2 bridgehead atoms. The minimum absolute atomic E-state index is 0. The van der Waals surface area contributed by atoms with E-state index in [1.54, 1.807) is 0 Å². The van der Waals surface area contributed by atoms with Gasteiger partial charge in [0, 0.05) is 0 Å². The van der Waals surface area contributed by atoms with Crippen molar-refractivity contribution in [2.45, 2.75) is 19.3 Å². The van der Waals surface area contributed by atoms with Gasteiger partial charge in [0.2, 0.25) is 0 Å². The number of rotatable bonds is 1. The van der Waals surface area contributed by atoms with Gasteiger partial charge in [-0.2, -0.15) is 0 Å². The molecule has 3 heteroatoms. The predicted octanol–water partition coefficient (Wildman–Crippen LogP) is -1.18. The van der Waals surface area contributed by atoms with E-state index in [1.807, 2.05) is 0 Å². The van der Waals surface area contributed by atoms with Gasteiger partial charge < -0.3 is 16.9 Å². The Morgan fingerprint density at radius 2 is 1.55 bits per heavy atom. The molecule has 3 aliphatic heterocycles. The zero-order valence-electron chi connectivity index (χ0n) is 6.73. The second kappa shape index (κ2) is 3.51. The zero-order valence-corrected chi connectivity index (χ0v) is 8.24. The van der Waals surface area contributed by atoms with Crippen LogP contribution in [0, 0.1) is 5.92 Å². The van der Waals surface area contributed by atoms with Crippen molar-refractivity contribution in [1.82, 2.24) is 0 Å². The molecule has 0 aromatic rings. The number of piperidine rings is 3. The van der Waals surface area contributed by atoms with Gasteiger partial charge in [-0.15, -0.1) is 0 Å². The summed E-state index contributed by atoms with van der Waals surface area (Å²) in [7, 11) is 0. The molecule has 0 N–H and O–H groups in total. The summed E-state index contributed by atoms with van der Waals surface area (Å²) in [6.45, 7) is 4.07. The van der Waals surface area contributed by atoms with Gasteiger partial charge in [-0.25, -0.2) is 0 Å². The van der Waals surface area contributed by atoms with E-state index in [2.05, 4.69) is 0 Å². The van der Waals surface area contributed by atoms with E-state index < -0.39 is 0 Å². The number of fused-ring (bicyclic) bond motifs is 3. The molecule has 0 aliphatic carbocycles. The third-order valence-electron chi connectivity index (χ3n) is 3.29. The fraction of sp³-hybridized carbons (Fsp3) is 1.00. The molecule has 0 saturated carbocycles. The van der Waals surface area contributed by atoms with E-state index in [1.165, 1.54) is 43.4 Å². The SMILES string of the molecule is ClC[N+]12CCC(CC1)CC2.[Cl-].